The van der Waals surface area contributed by atoms with Gasteiger partial charge in [0, 0.05) is 30.7 Å². The minimum atomic E-state index is 0.306. The molecule has 0 amide bonds. The molecule has 15 heavy (non-hydrogen) atoms. The Bertz CT molecular complexity index is 160. The topological polar surface area (TPSA) is 6.48 Å². The molecule has 2 atom stereocenters. The molecule has 1 saturated heterocycles. The molecule has 1 aliphatic heterocycles. The second-order valence-electron chi connectivity index (χ2n) is 5.50. The van der Waals surface area contributed by atoms with Gasteiger partial charge in [0.05, 0.1) is 0 Å². The van der Waals surface area contributed by atoms with E-state index in [2.05, 4.69) is 51.5 Å². The quantitative estimate of drug-likeness (QED) is 0.612. The van der Waals surface area contributed by atoms with Crippen molar-refractivity contribution in [3.63, 3.8) is 0 Å². The van der Waals surface area contributed by atoms with E-state index < -0.39 is 0 Å². The highest BCUT2D eigenvalue weighted by molar-refractivity contribution is 4.90. The Kier molecular flexibility index (Phi) is 5.82. The molecule has 1 heterocycles. The summed E-state index contributed by atoms with van der Waals surface area (Å²) in [7, 11) is 2.22. The van der Waals surface area contributed by atoms with Crippen LogP contribution in [0.25, 0.3) is 0 Å². The standard InChI is InChI=1S/C11H24N2.C2H6/c1-9-7-12(6)8-10(2)13(9)11(3,4)5;1-2/h9-10H,7-8H2,1-6H3;1-2H3. The van der Waals surface area contributed by atoms with Gasteiger partial charge in [-0.25, -0.2) is 0 Å². The SMILES string of the molecule is CC.CC1CN(C)CC(C)N1C(C)(C)C. The van der Waals surface area contributed by atoms with Gasteiger partial charge >= 0.3 is 0 Å². The predicted octanol–water partition coefficient (Wildman–Crippen LogP) is 2.84. The van der Waals surface area contributed by atoms with Crippen molar-refractivity contribution in [3.05, 3.63) is 0 Å². The van der Waals surface area contributed by atoms with E-state index in [1.807, 2.05) is 13.8 Å². The molecule has 0 spiro atoms. The molecule has 2 nitrogen and oxygen atoms in total. The van der Waals surface area contributed by atoms with Crippen molar-refractivity contribution in [2.24, 2.45) is 0 Å². The fourth-order valence-electron chi connectivity index (χ4n) is 2.91. The first-order chi connectivity index (χ1) is 6.82. The van der Waals surface area contributed by atoms with Crippen LogP contribution in [0.3, 0.4) is 0 Å². The molecule has 1 rings (SSSR count). The number of likely N-dealkylation sites (N-methyl/N-ethyl adjacent to an activating group) is 1. The lowest BCUT2D eigenvalue weighted by Crippen LogP contribution is -2.61. The smallest absolute Gasteiger partial charge is 0.0203 e. The molecule has 1 fully saturated rings. The van der Waals surface area contributed by atoms with Crippen LogP contribution in [0.15, 0.2) is 0 Å². The molecule has 0 bridgehead atoms. The Morgan fingerprint density at radius 3 is 1.53 bits per heavy atom. The normalized spacial score (nSPS) is 29.6. The highest BCUT2D eigenvalue weighted by atomic mass is 15.3. The summed E-state index contributed by atoms with van der Waals surface area (Å²) in [5.41, 5.74) is 0.306. The van der Waals surface area contributed by atoms with Crippen LogP contribution in [0.1, 0.15) is 48.5 Å². The van der Waals surface area contributed by atoms with Gasteiger partial charge in [0.15, 0.2) is 0 Å². The van der Waals surface area contributed by atoms with E-state index in [4.69, 9.17) is 0 Å². The van der Waals surface area contributed by atoms with Gasteiger partial charge in [0.2, 0.25) is 0 Å². The summed E-state index contributed by atoms with van der Waals surface area (Å²) in [6, 6.07) is 1.35. The van der Waals surface area contributed by atoms with Gasteiger partial charge in [-0.3, -0.25) is 4.90 Å². The Labute approximate surface area is 96.6 Å². The van der Waals surface area contributed by atoms with Crippen molar-refractivity contribution in [2.75, 3.05) is 20.1 Å². The number of hydrogen-bond acceptors (Lipinski definition) is 2. The third-order valence-electron chi connectivity index (χ3n) is 2.88. The first-order valence-corrected chi connectivity index (χ1v) is 6.29. The fraction of sp³-hybridized carbons (Fsp3) is 1.00. The average Bonchev–Trinajstić information content (AvgIpc) is 2.02. The summed E-state index contributed by atoms with van der Waals surface area (Å²) >= 11 is 0. The summed E-state index contributed by atoms with van der Waals surface area (Å²) < 4.78 is 0. The molecule has 0 aromatic rings. The minimum absolute atomic E-state index is 0.306. The van der Waals surface area contributed by atoms with Crippen LogP contribution in [0.5, 0.6) is 0 Å². The molecule has 0 aliphatic carbocycles. The van der Waals surface area contributed by atoms with E-state index in [0.29, 0.717) is 17.6 Å². The monoisotopic (exact) mass is 214 g/mol. The Hall–Kier alpha value is -0.0800. The van der Waals surface area contributed by atoms with Crippen molar-refractivity contribution >= 4 is 0 Å². The van der Waals surface area contributed by atoms with Crippen LogP contribution in [-0.2, 0) is 0 Å². The lowest BCUT2D eigenvalue weighted by Gasteiger charge is -2.50. The van der Waals surface area contributed by atoms with Crippen molar-refractivity contribution in [3.8, 4) is 0 Å². The summed E-state index contributed by atoms with van der Waals surface area (Å²) in [5, 5.41) is 0. The van der Waals surface area contributed by atoms with Gasteiger partial charge in [0.1, 0.15) is 0 Å². The molecule has 0 radical (unpaired) electrons. The Morgan fingerprint density at radius 1 is 0.933 bits per heavy atom. The van der Waals surface area contributed by atoms with Crippen molar-refractivity contribution in [1.82, 2.24) is 9.80 Å². The second kappa shape index (κ2) is 5.86. The largest absolute Gasteiger partial charge is 0.303 e. The zero-order valence-electron chi connectivity index (χ0n) is 12.0. The maximum absolute atomic E-state index is 2.63. The lowest BCUT2D eigenvalue weighted by molar-refractivity contribution is -0.0141. The molecule has 0 aromatic heterocycles. The third kappa shape index (κ3) is 4.12. The number of hydrogen-bond donors (Lipinski definition) is 0. The number of nitrogens with zero attached hydrogens (tertiary/aromatic N) is 2. The first kappa shape index (κ1) is 14.9. The molecular weight excluding hydrogens is 184 g/mol. The van der Waals surface area contributed by atoms with Gasteiger partial charge < -0.3 is 4.90 Å². The van der Waals surface area contributed by atoms with Crippen LogP contribution in [0.4, 0.5) is 0 Å². The maximum Gasteiger partial charge on any atom is 0.0203 e. The molecular formula is C13H30N2. The minimum Gasteiger partial charge on any atom is -0.303 e. The van der Waals surface area contributed by atoms with Gasteiger partial charge in [-0.1, -0.05) is 13.8 Å². The van der Waals surface area contributed by atoms with E-state index in [9.17, 15) is 0 Å². The van der Waals surface area contributed by atoms with Crippen molar-refractivity contribution in [2.45, 2.75) is 66.1 Å². The van der Waals surface area contributed by atoms with Gasteiger partial charge in [-0.2, -0.15) is 0 Å². The molecule has 0 N–H and O–H groups in total. The average molecular weight is 214 g/mol. The molecule has 0 aromatic carbocycles. The van der Waals surface area contributed by atoms with E-state index in [-0.39, 0.29) is 0 Å². The zero-order chi connectivity index (χ0) is 12.2. The summed E-state index contributed by atoms with van der Waals surface area (Å²) in [6.45, 7) is 18.0. The molecule has 2 unspecified atom stereocenters. The van der Waals surface area contributed by atoms with Crippen molar-refractivity contribution < 1.29 is 0 Å². The van der Waals surface area contributed by atoms with E-state index >= 15 is 0 Å². The van der Waals surface area contributed by atoms with Crippen LogP contribution in [0, 0.1) is 0 Å². The molecule has 0 saturated carbocycles. The summed E-state index contributed by atoms with van der Waals surface area (Å²) in [6.07, 6.45) is 0. The van der Waals surface area contributed by atoms with E-state index in [0.717, 1.165) is 0 Å². The highest BCUT2D eigenvalue weighted by Gasteiger charge is 2.34. The number of piperazine rings is 1. The maximum atomic E-state index is 2.63. The first-order valence-electron chi connectivity index (χ1n) is 6.29. The van der Waals surface area contributed by atoms with Crippen LogP contribution in [-0.4, -0.2) is 47.6 Å². The van der Waals surface area contributed by atoms with Crippen molar-refractivity contribution in [1.29, 1.82) is 0 Å². The molecule has 1 aliphatic rings. The second-order valence-corrected chi connectivity index (χ2v) is 5.50. The third-order valence-corrected chi connectivity index (χ3v) is 2.88. The summed E-state index contributed by atoms with van der Waals surface area (Å²) in [4.78, 5) is 5.06. The van der Waals surface area contributed by atoms with Crippen LogP contribution < -0.4 is 0 Å². The summed E-state index contributed by atoms with van der Waals surface area (Å²) in [5.74, 6) is 0. The number of rotatable bonds is 0. The van der Waals surface area contributed by atoms with E-state index in [1.54, 1.807) is 0 Å². The van der Waals surface area contributed by atoms with E-state index in [1.165, 1.54) is 13.1 Å². The van der Waals surface area contributed by atoms with Crippen LogP contribution in [0.2, 0.25) is 0 Å². The fourth-order valence-corrected chi connectivity index (χ4v) is 2.91. The Morgan fingerprint density at radius 2 is 1.27 bits per heavy atom. The Balaban J connectivity index is 0.000000921. The van der Waals surface area contributed by atoms with Gasteiger partial charge in [-0.15, -0.1) is 0 Å². The molecule has 2 heteroatoms. The highest BCUT2D eigenvalue weighted by Crippen LogP contribution is 2.24. The molecule has 92 valence electrons. The zero-order valence-corrected chi connectivity index (χ0v) is 12.0. The van der Waals surface area contributed by atoms with Crippen LogP contribution >= 0.6 is 0 Å². The van der Waals surface area contributed by atoms with Gasteiger partial charge in [-0.05, 0) is 41.7 Å². The predicted molar refractivity (Wildman–Crippen MR) is 69.4 cm³/mol. The lowest BCUT2D eigenvalue weighted by atomic mass is 9.97. The van der Waals surface area contributed by atoms with Gasteiger partial charge in [0.25, 0.3) is 0 Å².